The van der Waals surface area contributed by atoms with Gasteiger partial charge in [-0.25, -0.2) is 4.79 Å². The fraction of sp³-hybridized carbons (Fsp3) is 0.238. The molecule has 0 spiro atoms. The first kappa shape index (κ1) is 16.4. The average Bonchev–Trinajstić information content (AvgIpc) is 2.96. The van der Waals surface area contributed by atoms with Crippen molar-refractivity contribution in [3.8, 4) is 5.75 Å². The summed E-state index contributed by atoms with van der Waals surface area (Å²) in [4.78, 5) is 23.5. The summed E-state index contributed by atoms with van der Waals surface area (Å²) in [5.74, 6) is 0.333. The lowest BCUT2D eigenvalue weighted by Crippen LogP contribution is -2.33. The van der Waals surface area contributed by atoms with Crippen molar-refractivity contribution in [2.75, 3.05) is 11.9 Å². The van der Waals surface area contributed by atoms with Crippen molar-refractivity contribution < 1.29 is 19.1 Å². The molecule has 1 atom stereocenters. The molecule has 2 heterocycles. The lowest BCUT2D eigenvalue weighted by molar-refractivity contribution is -0.150. The molecule has 2 aliphatic rings. The van der Waals surface area contributed by atoms with Crippen LogP contribution in [0, 0.1) is 0 Å². The molecule has 1 amide bonds. The zero-order chi connectivity index (χ0) is 18.1. The van der Waals surface area contributed by atoms with Gasteiger partial charge in [0.25, 0.3) is 0 Å². The SMILES string of the molecule is C=C1CC(COc2ccc3c(c2)CCC(=O)N3)(c2ccccc2)OC1=O. The first-order valence-electron chi connectivity index (χ1n) is 8.58. The van der Waals surface area contributed by atoms with Crippen LogP contribution in [0.25, 0.3) is 0 Å². The second-order valence-electron chi connectivity index (χ2n) is 6.69. The van der Waals surface area contributed by atoms with E-state index in [0.29, 0.717) is 30.6 Å². The second kappa shape index (κ2) is 6.33. The van der Waals surface area contributed by atoms with Crippen LogP contribution in [-0.4, -0.2) is 18.5 Å². The van der Waals surface area contributed by atoms with Gasteiger partial charge in [-0.05, 0) is 35.7 Å². The molecule has 0 saturated carbocycles. The number of benzene rings is 2. The molecule has 1 saturated heterocycles. The highest BCUT2D eigenvalue weighted by molar-refractivity contribution is 5.94. The minimum atomic E-state index is -0.862. The number of amides is 1. The number of rotatable bonds is 4. The number of ether oxygens (including phenoxy) is 2. The van der Waals surface area contributed by atoms with E-state index in [4.69, 9.17) is 9.47 Å². The summed E-state index contributed by atoms with van der Waals surface area (Å²) in [5, 5.41) is 2.85. The third kappa shape index (κ3) is 2.96. The molecule has 5 nitrogen and oxygen atoms in total. The number of carbonyl (C=O) groups excluding carboxylic acids is 2. The Bertz CT molecular complexity index is 872. The fourth-order valence-corrected chi connectivity index (χ4v) is 3.42. The molecule has 1 fully saturated rings. The zero-order valence-corrected chi connectivity index (χ0v) is 14.3. The van der Waals surface area contributed by atoms with E-state index in [-0.39, 0.29) is 18.5 Å². The van der Waals surface area contributed by atoms with Crippen molar-refractivity contribution >= 4 is 17.6 Å². The van der Waals surface area contributed by atoms with E-state index in [9.17, 15) is 9.59 Å². The van der Waals surface area contributed by atoms with E-state index in [0.717, 1.165) is 16.8 Å². The molecular weight excluding hydrogens is 330 g/mol. The summed E-state index contributed by atoms with van der Waals surface area (Å²) in [5.41, 5.74) is 2.35. The predicted octanol–water partition coefficient (Wildman–Crippen LogP) is 3.35. The highest BCUT2D eigenvalue weighted by Gasteiger charge is 2.45. The van der Waals surface area contributed by atoms with Crippen LogP contribution >= 0.6 is 0 Å². The van der Waals surface area contributed by atoms with Crippen molar-refractivity contribution in [1.29, 1.82) is 0 Å². The van der Waals surface area contributed by atoms with Gasteiger partial charge in [0.05, 0.1) is 0 Å². The van der Waals surface area contributed by atoms with Gasteiger partial charge in [0.2, 0.25) is 5.91 Å². The maximum atomic E-state index is 12.0. The fourth-order valence-electron chi connectivity index (χ4n) is 3.42. The highest BCUT2D eigenvalue weighted by Crippen LogP contribution is 2.39. The summed E-state index contributed by atoms with van der Waals surface area (Å²) >= 11 is 0. The first-order chi connectivity index (χ1) is 12.6. The molecule has 2 aromatic rings. The Balaban J connectivity index is 1.57. The Morgan fingerprint density at radius 3 is 2.65 bits per heavy atom. The molecule has 0 bridgehead atoms. The molecule has 26 heavy (non-hydrogen) atoms. The molecule has 0 aliphatic carbocycles. The predicted molar refractivity (Wildman–Crippen MR) is 96.9 cm³/mol. The van der Waals surface area contributed by atoms with Crippen molar-refractivity contribution in [1.82, 2.24) is 0 Å². The molecular formula is C21H19NO4. The van der Waals surface area contributed by atoms with E-state index >= 15 is 0 Å². The van der Waals surface area contributed by atoms with E-state index in [1.807, 2.05) is 48.5 Å². The minimum Gasteiger partial charge on any atom is -0.489 e. The molecule has 2 aliphatic heterocycles. The lowest BCUT2D eigenvalue weighted by Gasteiger charge is -2.28. The monoisotopic (exact) mass is 349 g/mol. The van der Waals surface area contributed by atoms with Crippen LogP contribution in [0.1, 0.15) is 24.0 Å². The Morgan fingerprint density at radius 2 is 1.92 bits per heavy atom. The minimum absolute atomic E-state index is 0.0329. The van der Waals surface area contributed by atoms with Gasteiger partial charge < -0.3 is 14.8 Å². The largest absolute Gasteiger partial charge is 0.489 e. The summed E-state index contributed by atoms with van der Waals surface area (Å²) in [7, 11) is 0. The van der Waals surface area contributed by atoms with Crippen LogP contribution in [0.4, 0.5) is 5.69 Å². The Kier molecular flexibility index (Phi) is 3.99. The molecule has 1 unspecified atom stereocenters. The summed E-state index contributed by atoms with van der Waals surface area (Å²) in [6, 6.07) is 15.2. The molecule has 0 radical (unpaired) electrons. The molecule has 5 heteroatoms. The van der Waals surface area contributed by atoms with E-state index < -0.39 is 5.60 Å². The summed E-state index contributed by atoms with van der Waals surface area (Å²) in [6.45, 7) is 4.01. The van der Waals surface area contributed by atoms with Crippen molar-refractivity contribution in [3.63, 3.8) is 0 Å². The smallest absolute Gasteiger partial charge is 0.334 e. The zero-order valence-electron chi connectivity index (χ0n) is 14.3. The third-order valence-corrected chi connectivity index (χ3v) is 4.82. The van der Waals surface area contributed by atoms with Crippen molar-refractivity contribution in [2.45, 2.75) is 24.9 Å². The Hall–Kier alpha value is -3.08. The number of carbonyl (C=O) groups is 2. The van der Waals surface area contributed by atoms with Crippen LogP contribution in [0.15, 0.2) is 60.7 Å². The van der Waals surface area contributed by atoms with Crippen molar-refractivity contribution in [3.05, 3.63) is 71.8 Å². The number of nitrogens with one attached hydrogen (secondary N) is 1. The normalized spacial score (nSPS) is 21.8. The maximum Gasteiger partial charge on any atom is 0.334 e. The summed E-state index contributed by atoms with van der Waals surface area (Å²) < 4.78 is 11.7. The van der Waals surface area contributed by atoms with Gasteiger partial charge in [0, 0.05) is 24.1 Å². The molecule has 4 rings (SSSR count). The number of cyclic esters (lactones) is 1. The topological polar surface area (TPSA) is 64.6 Å². The molecule has 1 N–H and O–H groups in total. The van der Waals surface area contributed by atoms with Gasteiger partial charge in [0.1, 0.15) is 12.4 Å². The number of aryl methyl sites for hydroxylation is 1. The highest BCUT2D eigenvalue weighted by atomic mass is 16.6. The Morgan fingerprint density at radius 1 is 1.12 bits per heavy atom. The molecule has 2 aromatic carbocycles. The second-order valence-corrected chi connectivity index (χ2v) is 6.69. The van der Waals surface area contributed by atoms with Gasteiger partial charge in [0.15, 0.2) is 5.60 Å². The van der Waals surface area contributed by atoms with E-state index in [1.165, 1.54) is 0 Å². The van der Waals surface area contributed by atoms with Gasteiger partial charge in [-0.3, -0.25) is 4.79 Å². The summed E-state index contributed by atoms with van der Waals surface area (Å²) in [6.07, 6.45) is 1.56. The third-order valence-electron chi connectivity index (χ3n) is 4.82. The Labute approximate surface area is 151 Å². The van der Waals surface area contributed by atoms with E-state index in [1.54, 1.807) is 0 Å². The first-order valence-corrected chi connectivity index (χ1v) is 8.58. The number of hydrogen-bond donors (Lipinski definition) is 1. The molecule has 0 aromatic heterocycles. The van der Waals surface area contributed by atoms with Crippen LogP contribution in [-0.2, 0) is 26.3 Å². The quantitative estimate of drug-likeness (QED) is 0.679. The van der Waals surface area contributed by atoms with Gasteiger partial charge in [-0.1, -0.05) is 36.9 Å². The number of fused-ring (bicyclic) bond motifs is 1. The maximum absolute atomic E-state index is 12.0. The van der Waals surface area contributed by atoms with Crippen LogP contribution in [0.5, 0.6) is 5.75 Å². The van der Waals surface area contributed by atoms with Crippen LogP contribution in [0.2, 0.25) is 0 Å². The lowest BCUT2D eigenvalue weighted by atomic mass is 9.90. The number of hydrogen-bond acceptors (Lipinski definition) is 4. The van der Waals surface area contributed by atoms with E-state index in [2.05, 4.69) is 11.9 Å². The van der Waals surface area contributed by atoms with Gasteiger partial charge >= 0.3 is 5.97 Å². The van der Waals surface area contributed by atoms with Gasteiger partial charge in [-0.15, -0.1) is 0 Å². The van der Waals surface area contributed by atoms with Crippen LogP contribution < -0.4 is 10.1 Å². The number of anilines is 1. The number of esters is 1. The average molecular weight is 349 g/mol. The van der Waals surface area contributed by atoms with Crippen LogP contribution in [0.3, 0.4) is 0 Å². The standard InChI is InChI=1S/C21H19NO4/c1-14-12-21(26-20(14)24,16-5-3-2-4-6-16)13-25-17-8-9-18-15(11-17)7-10-19(23)22-18/h2-6,8-9,11H,1,7,10,12-13H2,(H,22,23). The van der Waals surface area contributed by atoms with Gasteiger partial charge in [-0.2, -0.15) is 0 Å². The van der Waals surface area contributed by atoms with Crippen molar-refractivity contribution in [2.24, 2.45) is 0 Å². The molecule has 132 valence electrons.